The zero-order valence-electron chi connectivity index (χ0n) is 32.3. The van der Waals surface area contributed by atoms with E-state index < -0.39 is 23.6 Å². The molecule has 270 valence electrons. The van der Waals surface area contributed by atoms with Gasteiger partial charge in [-0.2, -0.15) is 0 Å². The predicted octanol–water partition coefficient (Wildman–Crippen LogP) is 8.05. The number of aryl methyl sites for hydroxylation is 4. The van der Waals surface area contributed by atoms with Crippen molar-refractivity contribution in [1.82, 2.24) is 5.32 Å². The highest BCUT2D eigenvalue weighted by atomic mass is 28.3. The first kappa shape index (κ1) is 41.8. The van der Waals surface area contributed by atoms with Gasteiger partial charge in [0.05, 0.1) is 43.6 Å². The smallest absolute Gasteiger partial charge is 0.306 e. The van der Waals surface area contributed by atoms with E-state index in [1.807, 2.05) is 30.3 Å². The highest BCUT2D eigenvalue weighted by molar-refractivity contribution is 6.77. The fraction of sp³-hybridized carbons (Fsp3) is 0.512. The summed E-state index contributed by atoms with van der Waals surface area (Å²) in [6.45, 7) is 28.6. The maximum Gasteiger partial charge on any atom is 0.306 e. The molecule has 0 fully saturated rings. The minimum absolute atomic E-state index is 0.0148. The molecule has 0 aromatic heterocycles. The monoisotopic (exact) mass is 705 g/mol. The van der Waals surface area contributed by atoms with Gasteiger partial charge < -0.3 is 19.9 Å². The second-order valence-electron chi connectivity index (χ2n) is 14.8. The normalized spacial score (nSPS) is 11.4. The molecule has 3 aromatic carbocycles. The molecule has 0 spiro atoms. The quantitative estimate of drug-likeness (QED) is 0.147. The zero-order valence-corrected chi connectivity index (χ0v) is 34.6. The first-order valence-electron chi connectivity index (χ1n) is 18.0. The van der Waals surface area contributed by atoms with E-state index in [2.05, 4.69) is 113 Å². The van der Waals surface area contributed by atoms with Crippen molar-refractivity contribution < 1.29 is 24.2 Å². The topological polar surface area (TPSA) is 84.9 Å². The Balaban J connectivity index is 0.000000355. The summed E-state index contributed by atoms with van der Waals surface area (Å²) < 4.78 is 11.5. The molecule has 6 nitrogen and oxygen atoms in total. The number of nitrogens with one attached hydrogen (secondary N) is 1. The van der Waals surface area contributed by atoms with Crippen LogP contribution in [-0.2, 0) is 16.1 Å². The molecule has 1 amide bonds. The van der Waals surface area contributed by atoms with Crippen molar-refractivity contribution in [3.8, 4) is 11.5 Å². The molecule has 0 aliphatic heterocycles. The van der Waals surface area contributed by atoms with Gasteiger partial charge in [-0.05, 0) is 102 Å². The molecule has 0 saturated carbocycles. The van der Waals surface area contributed by atoms with Crippen molar-refractivity contribution in [2.24, 2.45) is 0 Å². The molecule has 3 aromatic rings. The Morgan fingerprint density at radius 2 is 1.00 bits per heavy atom. The average molecular weight is 706 g/mol. The standard InChI is InChI=1S/C24H35NO2Si.C17H28O3Si/c1-17(2)28(18(3)4)24-19(5)14-22(15-20(24)6)27-13-12-23(26)25-16-21-10-8-7-9-11-21;1-11(2)21(12(3)4)17-13(5)9-15(10-14(17)6)20-8-7-16(18)19/h7-11,14-15,17-18,28H,12-13,16H2,1-6H3,(H,25,26);9-12,21H,7-8H2,1-6H3,(H,18,19). The van der Waals surface area contributed by atoms with Gasteiger partial charge in [0.15, 0.2) is 0 Å². The molecule has 2 N–H and O–H groups in total. The van der Waals surface area contributed by atoms with Gasteiger partial charge in [0.2, 0.25) is 5.91 Å². The van der Waals surface area contributed by atoms with Gasteiger partial charge in [-0.1, -0.05) is 96.1 Å². The second kappa shape index (κ2) is 20.3. The number of hydrogen-bond donors (Lipinski definition) is 2. The number of amides is 1. The number of benzene rings is 3. The Kier molecular flexibility index (Phi) is 17.4. The number of carbonyl (C=O) groups is 2. The van der Waals surface area contributed by atoms with E-state index in [0.29, 0.717) is 19.6 Å². The van der Waals surface area contributed by atoms with Gasteiger partial charge >= 0.3 is 5.97 Å². The molecule has 8 heteroatoms. The molecule has 0 unspecified atom stereocenters. The van der Waals surface area contributed by atoms with E-state index >= 15 is 0 Å². The van der Waals surface area contributed by atoms with Crippen LogP contribution in [0.2, 0.25) is 22.2 Å². The predicted molar refractivity (Wildman–Crippen MR) is 212 cm³/mol. The van der Waals surface area contributed by atoms with E-state index in [9.17, 15) is 9.59 Å². The Morgan fingerprint density at radius 3 is 1.35 bits per heavy atom. The average Bonchev–Trinajstić information content (AvgIpc) is 2.99. The summed E-state index contributed by atoms with van der Waals surface area (Å²) in [5.41, 5.74) is 9.27. The van der Waals surface area contributed by atoms with Crippen LogP contribution in [-0.4, -0.2) is 47.8 Å². The Morgan fingerprint density at radius 1 is 0.633 bits per heavy atom. The molecule has 0 radical (unpaired) electrons. The molecule has 0 bridgehead atoms. The van der Waals surface area contributed by atoms with E-state index in [0.717, 1.165) is 39.2 Å². The third-order valence-electron chi connectivity index (χ3n) is 9.19. The number of carboxylic acids is 1. The van der Waals surface area contributed by atoms with Crippen LogP contribution in [0.5, 0.6) is 11.5 Å². The van der Waals surface area contributed by atoms with Crippen molar-refractivity contribution in [1.29, 1.82) is 0 Å². The fourth-order valence-corrected chi connectivity index (χ4v) is 15.5. The van der Waals surface area contributed by atoms with E-state index in [-0.39, 0.29) is 18.9 Å². The molecule has 0 heterocycles. The SMILES string of the molecule is Cc1cc(OCCC(=O)NCc2ccccc2)cc(C)c1[SiH](C(C)C)C(C)C.Cc1cc(OCCC(=O)O)cc(C)c1[SiH](C(C)C)C(C)C. The van der Waals surface area contributed by atoms with Crippen LogP contribution in [0.15, 0.2) is 54.6 Å². The maximum absolute atomic E-state index is 12.0. The molecule has 3 rings (SSSR count). The van der Waals surface area contributed by atoms with Crippen molar-refractivity contribution in [3.63, 3.8) is 0 Å². The molecule has 0 atom stereocenters. The lowest BCUT2D eigenvalue weighted by Gasteiger charge is -2.27. The van der Waals surface area contributed by atoms with Crippen LogP contribution in [0.1, 0.15) is 96.0 Å². The fourth-order valence-electron chi connectivity index (χ4n) is 7.36. The summed E-state index contributed by atoms with van der Waals surface area (Å²) in [6, 6.07) is 18.4. The number of aliphatic carboxylic acids is 1. The third kappa shape index (κ3) is 13.5. The molecular formula is C41H63NO5Si2. The van der Waals surface area contributed by atoms with Gasteiger partial charge in [0.1, 0.15) is 11.5 Å². The summed E-state index contributed by atoms with van der Waals surface area (Å²) in [5.74, 6) is 0.846. The van der Waals surface area contributed by atoms with Gasteiger partial charge in [-0.25, -0.2) is 0 Å². The lowest BCUT2D eigenvalue weighted by atomic mass is 10.1. The first-order valence-corrected chi connectivity index (χ1v) is 21.9. The number of rotatable bonds is 16. The highest BCUT2D eigenvalue weighted by Gasteiger charge is 2.26. The van der Waals surface area contributed by atoms with E-state index in [1.165, 1.54) is 22.3 Å². The van der Waals surface area contributed by atoms with Gasteiger partial charge in [0.25, 0.3) is 0 Å². The van der Waals surface area contributed by atoms with Crippen LogP contribution in [0, 0.1) is 27.7 Å². The van der Waals surface area contributed by atoms with Gasteiger partial charge in [-0.15, -0.1) is 0 Å². The minimum atomic E-state index is -1.04. The molecular weight excluding hydrogens is 643 g/mol. The van der Waals surface area contributed by atoms with Crippen LogP contribution in [0.25, 0.3) is 0 Å². The van der Waals surface area contributed by atoms with Gasteiger partial charge in [-0.3, -0.25) is 9.59 Å². The number of ether oxygens (including phenoxy) is 2. The Labute approximate surface area is 300 Å². The third-order valence-corrected chi connectivity index (χ3v) is 18.1. The molecule has 0 saturated heterocycles. The van der Waals surface area contributed by atoms with Crippen LogP contribution in [0.3, 0.4) is 0 Å². The van der Waals surface area contributed by atoms with E-state index in [4.69, 9.17) is 14.6 Å². The minimum Gasteiger partial charge on any atom is -0.493 e. The lowest BCUT2D eigenvalue weighted by Crippen LogP contribution is -2.39. The molecule has 0 aliphatic rings. The maximum atomic E-state index is 12.0. The van der Waals surface area contributed by atoms with Crippen LogP contribution < -0.4 is 25.2 Å². The Hall–Kier alpha value is -3.37. The number of carbonyl (C=O) groups excluding carboxylic acids is 1. The number of hydrogen-bond acceptors (Lipinski definition) is 4. The van der Waals surface area contributed by atoms with Crippen LogP contribution >= 0.6 is 0 Å². The highest BCUT2D eigenvalue weighted by Crippen LogP contribution is 2.26. The summed E-state index contributed by atoms with van der Waals surface area (Å²) in [6.07, 6.45) is 0.400. The van der Waals surface area contributed by atoms with Crippen molar-refractivity contribution in [2.75, 3.05) is 13.2 Å². The number of carboxylic acid groups (broad SMARTS) is 1. The molecule has 0 aliphatic carbocycles. The van der Waals surface area contributed by atoms with Crippen molar-refractivity contribution >= 4 is 39.8 Å². The van der Waals surface area contributed by atoms with Crippen LogP contribution in [0.4, 0.5) is 0 Å². The zero-order chi connectivity index (χ0) is 36.8. The Bertz CT molecular complexity index is 1420. The second-order valence-corrected chi connectivity index (χ2v) is 23.4. The van der Waals surface area contributed by atoms with E-state index in [1.54, 1.807) is 10.4 Å². The largest absolute Gasteiger partial charge is 0.493 e. The van der Waals surface area contributed by atoms with Crippen molar-refractivity contribution in [2.45, 2.75) is 125 Å². The summed E-state index contributed by atoms with van der Waals surface area (Å²) in [4.78, 5) is 22.6. The van der Waals surface area contributed by atoms with Crippen molar-refractivity contribution in [3.05, 3.63) is 82.4 Å². The van der Waals surface area contributed by atoms with Gasteiger partial charge in [0, 0.05) is 6.54 Å². The molecule has 49 heavy (non-hydrogen) atoms. The summed E-state index contributed by atoms with van der Waals surface area (Å²) in [5, 5.41) is 14.7. The summed E-state index contributed by atoms with van der Waals surface area (Å²) in [7, 11) is -2.07. The first-order chi connectivity index (χ1) is 23.0. The summed E-state index contributed by atoms with van der Waals surface area (Å²) >= 11 is 0. The lowest BCUT2D eigenvalue weighted by molar-refractivity contribution is -0.137.